The molecule has 2 unspecified atom stereocenters. The molecule has 1 aliphatic carbocycles. The van der Waals surface area contributed by atoms with Gasteiger partial charge >= 0.3 is 5.97 Å². The summed E-state index contributed by atoms with van der Waals surface area (Å²) in [5.41, 5.74) is 1.13. The van der Waals surface area contributed by atoms with Gasteiger partial charge in [-0.2, -0.15) is 0 Å². The monoisotopic (exact) mass is 249 g/mol. The van der Waals surface area contributed by atoms with Gasteiger partial charge < -0.3 is 15.5 Å². The molecule has 0 heterocycles. The van der Waals surface area contributed by atoms with Crippen LogP contribution in [0, 0.1) is 5.92 Å². The van der Waals surface area contributed by atoms with Gasteiger partial charge in [-0.1, -0.05) is 24.6 Å². The highest BCUT2D eigenvalue weighted by Crippen LogP contribution is 2.24. The topological polar surface area (TPSA) is 69.6 Å². The van der Waals surface area contributed by atoms with Crippen molar-refractivity contribution in [1.82, 2.24) is 5.32 Å². The van der Waals surface area contributed by atoms with Crippen molar-refractivity contribution in [2.75, 3.05) is 6.54 Å². The van der Waals surface area contributed by atoms with E-state index in [2.05, 4.69) is 5.32 Å². The van der Waals surface area contributed by atoms with Crippen LogP contribution in [0.4, 0.5) is 0 Å². The second-order valence-electron chi connectivity index (χ2n) is 4.85. The maximum atomic E-state index is 11.0. The molecular weight excluding hydrogens is 230 g/mol. The first-order valence-corrected chi connectivity index (χ1v) is 6.38. The number of carboxylic acid groups (broad SMARTS) is 1. The molecule has 0 bridgehead atoms. The Morgan fingerprint density at radius 1 is 1.33 bits per heavy atom. The number of aromatic carboxylic acids is 1. The largest absolute Gasteiger partial charge is 0.478 e. The molecule has 98 valence electrons. The van der Waals surface area contributed by atoms with Crippen molar-refractivity contribution in [3.8, 4) is 0 Å². The van der Waals surface area contributed by atoms with E-state index in [9.17, 15) is 9.90 Å². The Bertz CT molecular complexity index is 419. The standard InChI is InChI=1S/C14H19NO3/c16-13-7-3-5-11(13)9-15-8-10-4-1-2-6-12(10)14(17)18/h1-2,4,6,11,13,15-16H,3,5,7-9H2,(H,17,18). The van der Waals surface area contributed by atoms with E-state index >= 15 is 0 Å². The van der Waals surface area contributed by atoms with Crippen molar-refractivity contribution in [2.45, 2.75) is 31.9 Å². The summed E-state index contributed by atoms with van der Waals surface area (Å²) >= 11 is 0. The lowest BCUT2D eigenvalue weighted by Gasteiger charge is -2.15. The molecule has 1 saturated carbocycles. The summed E-state index contributed by atoms with van der Waals surface area (Å²) in [6.45, 7) is 1.28. The third-order valence-electron chi connectivity index (χ3n) is 3.59. The highest BCUT2D eigenvalue weighted by atomic mass is 16.4. The minimum Gasteiger partial charge on any atom is -0.478 e. The number of aliphatic hydroxyl groups is 1. The van der Waals surface area contributed by atoms with Crippen molar-refractivity contribution in [2.24, 2.45) is 5.92 Å². The number of nitrogens with one attached hydrogen (secondary N) is 1. The zero-order valence-electron chi connectivity index (χ0n) is 10.3. The minimum atomic E-state index is -0.895. The summed E-state index contributed by atoms with van der Waals surface area (Å²) in [5, 5.41) is 22.0. The van der Waals surface area contributed by atoms with Gasteiger partial charge in [0.1, 0.15) is 0 Å². The van der Waals surface area contributed by atoms with Crippen LogP contribution in [-0.2, 0) is 6.54 Å². The molecule has 0 saturated heterocycles. The van der Waals surface area contributed by atoms with Gasteiger partial charge in [0.15, 0.2) is 0 Å². The third kappa shape index (κ3) is 3.09. The zero-order valence-corrected chi connectivity index (χ0v) is 10.3. The summed E-state index contributed by atoms with van der Waals surface area (Å²) in [5.74, 6) is -0.588. The van der Waals surface area contributed by atoms with Crippen LogP contribution >= 0.6 is 0 Å². The maximum absolute atomic E-state index is 11.0. The van der Waals surface area contributed by atoms with E-state index in [1.54, 1.807) is 12.1 Å². The van der Waals surface area contributed by atoms with E-state index in [-0.39, 0.29) is 6.10 Å². The van der Waals surface area contributed by atoms with Crippen molar-refractivity contribution in [3.05, 3.63) is 35.4 Å². The number of hydrogen-bond acceptors (Lipinski definition) is 3. The first-order chi connectivity index (χ1) is 8.68. The van der Waals surface area contributed by atoms with E-state index in [1.165, 1.54) is 0 Å². The first kappa shape index (κ1) is 13.1. The molecule has 0 amide bonds. The number of aliphatic hydroxyl groups excluding tert-OH is 1. The molecule has 4 nitrogen and oxygen atoms in total. The third-order valence-corrected chi connectivity index (χ3v) is 3.59. The van der Waals surface area contributed by atoms with Crippen LogP contribution in [0.5, 0.6) is 0 Å². The summed E-state index contributed by atoms with van der Waals surface area (Å²) in [6.07, 6.45) is 2.82. The van der Waals surface area contributed by atoms with E-state index in [1.807, 2.05) is 12.1 Å². The second kappa shape index (κ2) is 5.98. The molecular formula is C14H19NO3. The van der Waals surface area contributed by atoms with Crippen molar-refractivity contribution >= 4 is 5.97 Å². The highest BCUT2D eigenvalue weighted by Gasteiger charge is 2.24. The molecule has 4 heteroatoms. The fraction of sp³-hybridized carbons (Fsp3) is 0.500. The molecule has 2 rings (SSSR count). The number of benzene rings is 1. The van der Waals surface area contributed by atoms with Crippen LogP contribution in [0.1, 0.15) is 35.2 Å². The quantitative estimate of drug-likeness (QED) is 0.742. The van der Waals surface area contributed by atoms with E-state index in [4.69, 9.17) is 5.11 Å². The Hall–Kier alpha value is -1.39. The van der Waals surface area contributed by atoms with Gasteiger partial charge in [-0.15, -0.1) is 0 Å². The molecule has 0 radical (unpaired) electrons. The highest BCUT2D eigenvalue weighted by molar-refractivity contribution is 5.89. The van der Waals surface area contributed by atoms with Gasteiger partial charge in [-0.3, -0.25) is 0 Å². The number of carbonyl (C=O) groups is 1. The molecule has 1 aromatic rings. The SMILES string of the molecule is O=C(O)c1ccccc1CNCC1CCCC1O. The minimum absolute atomic E-state index is 0.202. The zero-order chi connectivity index (χ0) is 13.0. The fourth-order valence-electron chi connectivity index (χ4n) is 2.53. The van der Waals surface area contributed by atoms with Gasteiger partial charge in [0.2, 0.25) is 0 Å². The smallest absolute Gasteiger partial charge is 0.336 e. The number of rotatable bonds is 5. The number of carboxylic acids is 1. The van der Waals surface area contributed by atoms with Crippen molar-refractivity contribution in [3.63, 3.8) is 0 Å². The van der Waals surface area contributed by atoms with Gasteiger partial charge in [0.25, 0.3) is 0 Å². The molecule has 0 spiro atoms. The van der Waals surface area contributed by atoms with E-state index in [0.29, 0.717) is 18.0 Å². The van der Waals surface area contributed by atoms with Crippen LogP contribution in [-0.4, -0.2) is 28.8 Å². The predicted octanol–water partition coefficient (Wildman–Crippen LogP) is 1.64. The Kier molecular flexibility index (Phi) is 4.33. The normalized spacial score (nSPS) is 23.2. The lowest BCUT2D eigenvalue weighted by Crippen LogP contribution is -2.28. The molecule has 2 atom stereocenters. The summed E-state index contributed by atoms with van der Waals surface area (Å²) < 4.78 is 0. The Labute approximate surface area is 107 Å². The van der Waals surface area contributed by atoms with Crippen LogP contribution in [0.3, 0.4) is 0 Å². The van der Waals surface area contributed by atoms with Crippen LogP contribution < -0.4 is 5.32 Å². The van der Waals surface area contributed by atoms with Gasteiger partial charge in [0.05, 0.1) is 11.7 Å². The number of hydrogen-bond donors (Lipinski definition) is 3. The fourth-order valence-corrected chi connectivity index (χ4v) is 2.53. The van der Waals surface area contributed by atoms with Gasteiger partial charge in [-0.25, -0.2) is 4.79 Å². The molecule has 0 aliphatic heterocycles. The Morgan fingerprint density at radius 2 is 2.11 bits per heavy atom. The lowest BCUT2D eigenvalue weighted by atomic mass is 10.1. The lowest BCUT2D eigenvalue weighted by molar-refractivity contribution is 0.0695. The Balaban J connectivity index is 1.88. The molecule has 1 aromatic carbocycles. The van der Waals surface area contributed by atoms with Gasteiger partial charge in [0, 0.05) is 13.1 Å². The average Bonchev–Trinajstić information content (AvgIpc) is 2.76. The molecule has 0 aromatic heterocycles. The molecule has 18 heavy (non-hydrogen) atoms. The second-order valence-corrected chi connectivity index (χ2v) is 4.85. The van der Waals surface area contributed by atoms with Crippen molar-refractivity contribution in [1.29, 1.82) is 0 Å². The molecule has 3 N–H and O–H groups in total. The molecule has 1 aliphatic rings. The van der Waals surface area contributed by atoms with Crippen LogP contribution in [0.15, 0.2) is 24.3 Å². The van der Waals surface area contributed by atoms with E-state index in [0.717, 1.165) is 31.4 Å². The maximum Gasteiger partial charge on any atom is 0.336 e. The average molecular weight is 249 g/mol. The summed E-state index contributed by atoms with van der Waals surface area (Å²) in [4.78, 5) is 11.0. The summed E-state index contributed by atoms with van der Waals surface area (Å²) in [6, 6.07) is 7.01. The predicted molar refractivity (Wildman–Crippen MR) is 68.5 cm³/mol. The van der Waals surface area contributed by atoms with Crippen LogP contribution in [0.2, 0.25) is 0 Å². The first-order valence-electron chi connectivity index (χ1n) is 6.38. The van der Waals surface area contributed by atoms with E-state index < -0.39 is 5.97 Å². The Morgan fingerprint density at radius 3 is 2.78 bits per heavy atom. The van der Waals surface area contributed by atoms with Crippen LogP contribution in [0.25, 0.3) is 0 Å². The van der Waals surface area contributed by atoms with Crippen molar-refractivity contribution < 1.29 is 15.0 Å². The molecule has 1 fully saturated rings. The summed E-state index contributed by atoms with van der Waals surface area (Å²) in [7, 11) is 0. The van der Waals surface area contributed by atoms with Gasteiger partial charge in [-0.05, 0) is 30.4 Å².